The molecule has 0 aliphatic carbocycles. The second-order valence-electron chi connectivity index (χ2n) is 3.20. The van der Waals surface area contributed by atoms with Crippen LogP contribution in [0.5, 0.6) is 0 Å². The molecule has 0 unspecified atom stereocenters. The molecule has 1 aromatic rings. The Balaban J connectivity index is 3.14. The van der Waals surface area contributed by atoms with Crippen molar-refractivity contribution in [2.24, 2.45) is 0 Å². The Labute approximate surface area is 84.8 Å². The van der Waals surface area contributed by atoms with E-state index in [0.29, 0.717) is 5.56 Å². The van der Waals surface area contributed by atoms with E-state index < -0.39 is 0 Å². The van der Waals surface area contributed by atoms with Gasteiger partial charge < -0.3 is 0 Å². The van der Waals surface area contributed by atoms with Gasteiger partial charge in [0.05, 0.1) is 0 Å². The van der Waals surface area contributed by atoms with Gasteiger partial charge in [-0.2, -0.15) is 0 Å². The molecule has 0 saturated heterocycles. The van der Waals surface area contributed by atoms with Gasteiger partial charge in [0, 0.05) is 5.56 Å². The molecular formula is C13H15F. The van der Waals surface area contributed by atoms with Crippen molar-refractivity contribution in [1.82, 2.24) is 0 Å². The van der Waals surface area contributed by atoms with Crippen LogP contribution in [-0.4, -0.2) is 0 Å². The predicted molar refractivity (Wildman–Crippen MR) is 60.4 cm³/mol. The summed E-state index contributed by atoms with van der Waals surface area (Å²) in [5, 5.41) is 0. The zero-order valence-corrected chi connectivity index (χ0v) is 8.68. The summed E-state index contributed by atoms with van der Waals surface area (Å²) in [6.07, 6.45) is 4.66. The van der Waals surface area contributed by atoms with Crippen molar-refractivity contribution >= 4 is 11.6 Å². The fourth-order valence-corrected chi connectivity index (χ4v) is 1.30. The molecule has 0 atom stereocenters. The Bertz CT molecular complexity index is 361. The molecule has 0 nitrogen and oxygen atoms in total. The summed E-state index contributed by atoms with van der Waals surface area (Å²) in [6, 6.07) is 5.09. The molecule has 1 rings (SSSR count). The van der Waals surface area contributed by atoms with E-state index in [2.05, 4.69) is 6.58 Å². The first-order chi connectivity index (χ1) is 6.69. The van der Waals surface area contributed by atoms with Gasteiger partial charge in [-0.05, 0) is 36.6 Å². The normalized spacial score (nSPS) is 10.8. The van der Waals surface area contributed by atoms with Gasteiger partial charge >= 0.3 is 0 Å². The van der Waals surface area contributed by atoms with Crippen molar-refractivity contribution in [2.45, 2.75) is 20.3 Å². The van der Waals surface area contributed by atoms with Crippen molar-refractivity contribution in [3.63, 3.8) is 0 Å². The minimum Gasteiger partial charge on any atom is -0.206 e. The van der Waals surface area contributed by atoms with Crippen LogP contribution in [0.1, 0.15) is 31.4 Å². The van der Waals surface area contributed by atoms with Crippen molar-refractivity contribution in [3.05, 3.63) is 47.8 Å². The van der Waals surface area contributed by atoms with Crippen molar-refractivity contribution in [3.8, 4) is 0 Å². The second-order valence-corrected chi connectivity index (χ2v) is 3.20. The van der Waals surface area contributed by atoms with Gasteiger partial charge in [-0.15, -0.1) is 0 Å². The highest BCUT2D eigenvalue weighted by Crippen LogP contribution is 2.21. The van der Waals surface area contributed by atoms with Crippen LogP contribution >= 0.6 is 0 Å². The van der Waals surface area contributed by atoms with E-state index in [1.54, 1.807) is 6.07 Å². The van der Waals surface area contributed by atoms with Crippen molar-refractivity contribution < 1.29 is 4.39 Å². The summed E-state index contributed by atoms with van der Waals surface area (Å²) in [4.78, 5) is 0. The molecule has 0 bridgehead atoms. The molecule has 0 heterocycles. The highest BCUT2D eigenvalue weighted by atomic mass is 19.1. The third-order valence-corrected chi connectivity index (χ3v) is 2.16. The first-order valence-electron chi connectivity index (χ1n) is 4.79. The van der Waals surface area contributed by atoms with E-state index in [1.807, 2.05) is 32.1 Å². The largest absolute Gasteiger partial charge is 0.206 e. The van der Waals surface area contributed by atoms with E-state index >= 15 is 0 Å². The molecule has 0 radical (unpaired) electrons. The molecule has 1 aromatic carbocycles. The number of hydrogen-bond acceptors (Lipinski definition) is 0. The summed E-state index contributed by atoms with van der Waals surface area (Å²) in [7, 11) is 0. The molecule has 0 spiro atoms. The van der Waals surface area contributed by atoms with Gasteiger partial charge in [0.2, 0.25) is 0 Å². The Kier molecular flexibility index (Phi) is 3.63. The molecule has 0 fully saturated rings. The molecule has 1 heteroatoms. The lowest BCUT2D eigenvalue weighted by Gasteiger charge is -2.05. The van der Waals surface area contributed by atoms with Crippen LogP contribution in [-0.2, 0) is 0 Å². The minimum absolute atomic E-state index is 0.190. The summed E-state index contributed by atoms with van der Waals surface area (Å²) in [5.41, 5.74) is 2.48. The maximum Gasteiger partial charge on any atom is 0.130 e. The number of halogens is 1. The van der Waals surface area contributed by atoms with Gasteiger partial charge in [0.1, 0.15) is 5.82 Å². The van der Waals surface area contributed by atoms with E-state index in [0.717, 1.165) is 17.6 Å². The predicted octanol–water partition coefficient (Wildman–Crippen LogP) is 4.28. The van der Waals surface area contributed by atoms with Gasteiger partial charge in [-0.1, -0.05) is 31.7 Å². The van der Waals surface area contributed by atoms with E-state index in [4.69, 9.17) is 0 Å². The number of rotatable bonds is 3. The lowest BCUT2D eigenvalue weighted by Crippen LogP contribution is -1.88. The second kappa shape index (κ2) is 4.75. The van der Waals surface area contributed by atoms with E-state index in [-0.39, 0.29) is 5.82 Å². The smallest absolute Gasteiger partial charge is 0.130 e. The zero-order chi connectivity index (χ0) is 10.6. The van der Waals surface area contributed by atoms with Gasteiger partial charge in [0.15, 0.2) is 0 Å². The van der Waals surface area contributed by atoms with Gasteiger partial charge in [-0.3, -0.25) is 0 Å². The summed E-state index contributed by atoms with van der Waals surface area (Å²) in [6.45, 7) is 7.76. The molecule has 0 amide bonds. The summed E-state index contributed by atoms with van der Waals surface area (Å²) < 4.78 is 13.4. The number of benzene rings is 1. The fourth-order valence-electron chi connectivity index (χ4n) is 1.30. The van der Waals surface area contributed by atoms with Crippen molar-refractivity contribution in [1.29, 1.82) is 0 Å². The fraction of sp³-hybridized carbons (Fsp3) is 0.231. The molecule has 14 heavy (non-hydrogen) atoms. The van der Waals surface area contributed by atoms with Crippen LogP contribution < -0.4 is 0 Å². The minimum atomic E-state index is -0.190. The maximum absolute atomic E-state index is 13.4. The third kappa shape index (κ3) is 2.32. The Morgan fingerprint density at radius 2 is 2.21 bits per heavy atom. The van der Waals surface area contributed by atoms with Crippen LogP contribution in [0, 0.1) is 5.82 Å². The molecule has 0 aromatic heterocycles. The molecule has 0 aliphatic rings. The van der Waals surface area contributed by atoms with Crippen molar-refractivity contribution in [2.75, 3.05) is 0 Å². The van der Waals surface area contributed by atoms with Crippen LogP contribution in [0.25, 0.3) is 11.6 Å². The first-order valence-corrected chi connectivity index (χ1v) is 4.79. The molecule has 0 aliphatic heterocycles. The highest BCUT2D eigenvalue weighted by molar-refractivity contribution is 5.66. The standard InChI is InChI=1S/C13H15F/c1-4-6-11-7-8-13(14)12(9-11)10(3)5-2/h4,6-9H,3,5H2,1-2H3/b6-4+. The van der Waals surface area contributed by atoms with Crippen LogP contribution in [0.3, 0.4) is 0 Å². The molecule has 74 valence electrons. The Morgan fingerprint density at radius 1 is 1.50 bits per heavy atom. The molecule has 0 N–H and O–H groups in total. The third-order valence-electron chi connectivity index (χ3n) is 2.16. The SMILES string of the molecule is C=C(CC)c1cc(/C=C/C)ccc1F. The van der Waals surface area contributed by atoms with E-state index in [1.165, 1.54) is 6.07 Å². The topological polar surface area (TPSA) is 0 Å². The van der Waals surface area contributed by atoms with Gasteiger partial charge in [-0.25, -0.2) is 4.39 Å². The quantitative estimate of drug-likeness (QED) is 0.667. The van der Waals surface area contributed by atoms with Crippen LogP contribution in [0.4, 0.5) is 4.39 Å². The summed E-state index contributed by atoms with van der Waals surface area (Å²) in [5.74, 6) is -0.190. The number of allylic oxidation sites excluding steroid dienone is 2. The lowest BCUT2D eigenvalue weighted by molar-refractivity contribution is 0.623. The van der Waals surface area contributed by atoms with Crippen LogP contribution in [0.15, 0.2) is 30.9 Å². The monoisotopic (exact) mass is 190 g/mol. The van der Waals surface area contributed by atoms with E-state index in [9.17, 15) is 4.39 Å². The van der Waals surface area contributed by atoms with Crippen LogP contribution in [0.2, 0.25) is 0 Å². The summed E-state index contributed by atoms with van der Waals surface area (Å²) >= 11 is 0. The molecule has 0 saturated carbocycles. The Morgan fingerprint density at radius 3 is 2.79 bits per heavy atom. The molecular weight excluding hydrogens is 175 g/mol. The average Bonchev–Trinajstić information content (AvgIpc) is 2.20. The number of hydrogen-bond donors (Lipinski definition) is 0. The lowest BCUT2D eigenvalue weighted by atomic mass is 10.0. The Hall–Kier alpha value is -1.37. The maximum atomic E-state index is 13.4. The zero-order valence-electron chi connectivity index (χ0n) is 8.68. The van der Waals surface area contributed by atoms with Gasteiger partial charge in [0.25, 0.3) is 0 Å². The highest BCUT2D eigenvalue weighted by Gasteiger charge is 2.04. The first kappa shape index (κ1) is 10.7. The average molecular weight is 190 g/mol.